The van der Waals surface area contributed by atoms with Gasteiger partial charge in [0, 0.05) is 0 Å². The van der Waals surface area contributed by atoms with Crippen LogP contribution >= 0.6 is 0 Å². The van der Waals surface area contributed by atoms with Crippen LogP contribution in [0.15, 0.2) is 71.7 Å². The largest absolute Gasteiger partial charge is 0.491 e. The van der Waals surface area contributed by atoms with Crippen molar-refractivity contribution in [2.75, 3.05) is 13.2 Å². The first-order chi connectivity index (χ1) is 13.6. The monoisotopic (exact) mass is 379 g/mol. The number of ether oxygens (including phenoxy) is 2. The molecule has 0 N–H and O–H groups in total. The molecule has 142 valence electrons. The van der Waals surface area contributed by atoms with Crippen LogP contribution < -0.4 is 4.74 Å². The Bertz CT molecular complexity index is 995. The number of rotatable bonds is 5. The molecule has 0 aliphatic carbocycles. The van der Waals surface area contributed by atoms with E-state index in [9.17, 15) is 8.78 Å². The van der Waals surface area contributed by atoms with E-state index in [0.29, 0.717) is 5.75 Å². The number of aryl methyl sites for hydroxylation is 1. The molecular weight excluding hydrogens is 360 g/mol. The van der Waals surface area contributed by atoms with Crippen molar-refractivity contribution in [3.63, 3.8) is 0 Å². The molecule has 1 atom stereocenters. The quantitative estimate of drug-likeness (QED) is 0.613. The molecule has 0 bridgehead atoms. The number of benzene rings is 3. The van der Waals surface area contributed by atoms with Gasteiger partial charge in [0.1, 0.15) is 42.2 Å². The Hall–Kier alpha value is -3.21. The van der Waals surface area contributed by atoms with Gasteiger partial charge in [-0.15, -0.1) is 0 Å². The van der Waals surface area contributed by atoms with Crippen LogP contribution in [0.1, 0.15) is 11.1 Å². The zero-order valence-corrected chi connectivity index (χ0v) is 15.4. The van der Waals surface area contributed by atoms with Crippen LogP contribution in [-0.4, -0.2) is 25.2 Å². The predicted molar refractivity (Wildman–Crippen MR) is 105 cm³/mol. The van der Waals surface area contributed by atoms with Gasteiger partial charge in [-0.25, -0.2) is 13.8 Å². The van der Waals surface area contributed by atoms with Crippen molar-refractivity contribution in [3.8, 4) is 16.9 Å². The third kappa shape index (κ3) is 3.88. The van der Waals surface area contributed by atoms with Crippen molar-refractivity contribution >= 4 is 5.90 Å². The fourth-order valence-corrected chi connectivity index (χ4v) is 3.10. The summed E-state index contributed by atoms with van der Waals surface area (Å²) in [5.74, 6) is -0.685. The number of hydrogen-bond acceptors (Lipinski definition) is 3. The first-order valence-corrected chi connectivity index (χ1v) is 9.05. The second-order valence-electron chi connectivity index (χ2n) is 6.70. The third-order valence-corrected chi connectivity index (χ3v) is 4.54. The number of aliphatic imine (C=N–C) groups is 1. The normalized spacial score (nSPS) is 15.8. The molecule has 0 spiro atoms. The minimum absolute atomic E-state index is 0.0148. The first kappa shape index (κ1) is 18.2. The number of hydrogen-bond donors (Lipinski definition) is 0. The summed E-state index contributed by atoms with van der Waals surface area (Å²) < 4.78 is 38.9. The van der Waals surface area contributed by atoms with Crippen LogP contribution in [0.4, 0.5) is 8.78 Å². The molecule has 5 heteroatoms. The lowest BCUT2D eigenvalue weighted by Gasteiger charge is -2.09. The van der Waals surface area contributed by atoms with Crippen molar-refractivity contribution < 1.29 is 18.3 Å². The Kier molecular flexibility index (Phi) is 5.06. The van der Waals surface area contributed by atoms with Crippen molar-refractivity contribution in [1.82, 2.24) is 0 Å². The number of halogens is 2. The van der Waals surface area contributed by atoms with Gasteiger partial charge < -0.3 is 9.47 Å². The topological polar surface area (TPSA) is 30.8 Å². The molecule has 28 heavy (non-hydrogen) atoms. The lowest BCUT2D eigenvalue weighted by atomic mass is 10.0. The zero-order valence-electron chi connectivity index (χ0n) is 15.4. The summed E-state index contributed by atoms with van der Waals surface area (Å²) in [6, 6.07) is 19.4. The molecule has 4 rings (SSSR count). The molecule has 0 saturated carbocycles. The predicted octanol–water partition coefficient (Wildman–Crippen LogP) is 5.16. The summed E-state index contributed by atoms with van der Waals surface area (Å²) in [5.41, 5.74) is 3.24. The molecular formula is C23H19F2NO2. The third-order valence-electron chi connectivity index (χ3n) is 4.54. The summed E-state index contributed by atoms with van der Waals surface area (Å²) in [7, 11) is 0. The van der Waals surface area contributed by atoms with E-state index in [2.05, 4.69) is 30.1 Å². The van der Waals surface area contributed by atoms with Crippen LogP contribution in [0.5, 0.6) is 5.75 Å². The molecule has 3 aromatic rings. The van der Waals surface area contributed by atoms with Crippen molar-refractivity contribution in [1.29, 1.82) is 0 Å². The second-order valence-corrected chi connectivity index (χ2v) is 6.70. The molecule has 3 aromatic carbocycles. The maximum Gasteiger partial charge on any atom is 0.222 e. The highest BCUT2D eigenvalue weighted by molar-refractivity contribution is 5.95. The summed E-state index contributed by atoms with van der Waals surface area (Å²) in [6.45, 7) is 2.56. The molecule has 1 aliphatic rings. The summed E-state index contributed by atoms with van der Waals surface area (Å²) in [4.78, 5) is 4.26. The van der Waals surface area contributed by atoms with E-state index >= 15 is 0 Å². The van der Waals surface area contributed by atoms with Crippen LogP contribution in [0.3, 0.4) is 0 Å². The highest BCUT2D eigenvalue weighted by Crippen LogP contribution is 2.24. The Morgan fingerprint density at radius 2 is 1.68 bits per heavy atom. The average molecular weight is 379 g/mol. The maximum atomic E-state index is 13.9. The standard InChI is InChI=1S/C23H19F2NO2/c1-15-4-2-5-17(12-15)16-8-10-19(11-9-16)27-13-18-14-28-23(26-18)22-20(24)6-3-7-21(22)25/h2-12,18H,13-14H2,1H3. The van der Waals surface area contributed by atoms with E-state index in [1.54, 1.807) is 0 Å². The van der Waals surface area contributed by atoms with E-state index in [1.165, 1.54) is 23.8 Å². The van der Waals surface area contributed by atoms with E-state index in [-0.39, 0.29) is 30.7 Å². The first-order valence-electron chi connectivity index (χ1n) is 9.05. The average Bonchev–Trinajstić information content (AvgIpc) is 3.15. The lowest BCUT2D eigenvalue weighted by molar-refractivity contribution is 0.242. The Morgan fingerprint density at radius 1 is 0.964 bits per heavy atom. The highest BCUT2D eigenvalue weighted by Gasteiger charge is 2.25. The van der Waals surface area contributed by atoms with E-state index in [1.807, 2.05) is 30.3 Å². The minimum atomic E-state index is -0.688. The van der Waals surface area contributed by atoms with Gasteiger partial charge in [0.15, 0.2) is 0 Å². The smallest absolute Gasteiger partial charge is 0.222 e. The van der Waals surface area contributed by atoms with Gasteiger partial charge in [-0.1, -0.05) is 48.0 Å². The van der Waals surface area contributed by atoms with Gasteiger partial charge >= 0.3 is 0 Å². The molecule has 0 amide bonds. The van der Waals surface area contributed by atoms with Gasteiger partial charge in [-0.2, -0.15) is 0 Å². The molecule has 0 fully saturated rings. The van der Waals surface area contributed by atoms with Gasteiger partial charge in [-0.05, 0) is 42.3 Å². The Balaban J connectivity index is 1.41. The summed E-state index contributed by atoms with van der Waals surface area (Å²) in [5, 5.41) is 0. The second kappa shape index (κ2) is 7.80. The van der Waals surface area contributed by atoms with Crippen molar-refractivity contribution in [3.05, 3.63) is 89.5 Å². The van der Waals surface area contributed by atoms with E-state index < -0.39 is 11.6 Å². The SMILES string of the molecule is Cc1cccc(-c2ccc(OCC3COC(c4c(F)cccc4F)=N3)cc2)c1. The molecule has 0 aromatic heterocycles. The Labute approximate surface area is 162 Å². The van der Waals surface area contributed by atoms with Crippen molar-refractivity contribution in [2.24, 2.45) is 4.99 Å². The van der Waals surface area contributed by atoms with Gasteiger partial charge in [-0.3, -0.25) is 0 Å². The van der Waals surface area contributed by atoms with Crippen molar-refractivity contribution in [2.45, 2.75) is 13.0 Å². The van der Waals surface area contributed by atoms with Crippen LogP contribution in [-0.2, 0) is 4.74 Å². The highest BCUT2D eigenvalue weighted by atomic mass is 19.1. The molecule has 0 radical (unpaired) electrons. The van der Waals surface area contributed by atoms with Gasteiger partial charge in [0.05, 0.1) is 0 Å². The minimum Gasteiger partial charge on any atom is -0.491 e. The molecule has 1 heterocycles. The van der Waals surface area contributed by atoms with Crippen LogP contribution in [0.2, 0.25) is 0 Å². The van der Waals surface area contributed by atoms with Gasteiger partial charge in [0.25, 0.3) is 0 Å². The van der Waals surface area contributed by atoms with E-state index in [0.717, 1.165) is 11.1 Å². The van der Waals surface area contributed by atoms with Crippen LogP contribution in [0, 0.1) is 18.6 Å². The maximum absolute atomic E-state index is 13.9. The molecule has 0 saturated heterocycles. The molecule has 3 nitrogen and oxygen atoms in total. The lowest BCUT2D eigenvalue weighted by Crippen LogP contribution is -2.16. The number of nitrogens with zero attached hydrogens (tertiary/aromatic N) is 1. The zero-order chi connectivity index (χ0) is 19.5. The molecule has 1 unspecified atom stereocenters. The fraction of sp³-hybridized carbons (Fsp3) is 0.174. The Morgan fingerprint density at radius 3 is 2.39 bits per heavy atom. The van der Waals surface area contributed by atoms with Crippen LogP contribution in [0.25, 0.3) is 11.1 Å². The van der Waals surface area contributed by atoms with Gasteiger partial charge in [0.2, 0.25) is 5.90 Å². The summed E-state index contributed by atoms with van der Waals surface area (Å²) >= 11 is 0. The fourth-order valence-electron chi connectivity index (χ4n) is 3.10. The van der Waals surface area contributed by atoms with E-state index in [4.69, 9.17) is 9.47 Å². The molecule has 1 aliphatic heterocycles. The summed E-state index contributed by atoms with van der Waals surface area (Å²) in [6.07, 6.45) is 0.